The first-order chi connectivity index (χ1) is 19.3. The van der Waals surface area contributed by atoms with Crippen molar-refractivity contribution in [1.82, 2.24) is 20.2 Å². The lowest BCUT2D eigenvalue weighted by molar-refractivity contribution is 0.278. The standard InChI is InChI=1S/C30H33F2N5O2S/c1-3-37(11-10-33-2)23-7-4-6-21(16-23)29-19-34-28-9-5-8-24(30(28)35-29)22-17-26(31)25(27(32)18-22)20-36-12-14-40(38,39)15-13-36/h4-9,16-19,33H,3,10-15,20H2,1-2H3. The Bertz CT molecular complexity index is 1590. The molecule has 0 radical (unpaired) electrons. The van der Waals surface area contributed by atoms with Gasteiger partial charge in [0.05, 0.1) is 34.4 Å². The number of anilines is 1. The Morgan fingerprint density at radius 1 is 1.00 bits per heavy atom. The monoisotopic (exact) mass is 565 g/mol. The Balaban J connectivity index is 1.47. The molecule has 7 nitrogen and oxygen atoms in total. The van der Waals surface area contributed by atoms with Gasteiger partial charge in [-0.3, -0.25) is 9.88 Å². The summed E-state index contributed by atoms with van der Waals surface area (Å²) in [6.45, 7) is 5.26. The molecule has 2 heterocycles. The predicted molar refractivity (Wildman–Crippen MR) is 156 cm³/mol. The summed E-state index contributed by atoms with van der Waals surface area (Å²) < 4.78 is 53.9. The summed E-state index contributed by atoms with van der Waals surface area (Å²) in [6, 6.07) is 16.2. The number of likely N-dealkylation sites (N-methyl/N-ethyl adjacent to an activating group) is 2. The van der Waals surface area contributed by atoms with E-state index in [1.807, 2.05) is 25.2 Å². The molecule has 1 aliphatic rings. The van der Waals surface area contributed by atoms with Crippen LogP contribution in [0.1, 0.15) is 12.5 Å². The average Bonchev–Trinajstić information content (AvgIpc) is 2.95. The van der Waals surface area contributed by atoms with Crippen LogP contribution in [-0.2, 0) is 16.4 Å². The number of hydrogen-bond acceptors (Lipinski definition) is 7. The van der Waals surface area contributed by atoms with Crippen molar-refractivity contribution < 1.29 is 17.2 Å². The van der Waals surface area contributed by atoms with Crippen LogP contribution in [0.25, 0.3) is 33.4 Å². The first-order valence-electron chi connectivity index (χ1n) is 13.4. The van der Waals surface area contributed by atoms with Crippen molar-refractivity contribution in [1.29, 1.82) is 0 Å². The minimum Gasteiger partial charge on any atom is -0.371 e. The Hall–Kier alpha value is -3.47. The van der Waals surface area contributed by atoms with Gasteiger partial charge in [-0.05, 0) is 49.9 Å². The molecule has 3 aromatic carbocycles. The number of sulfone groups is 1. The highest BCUT2D eigenvalue weighted by atomic mass is 32.2. The fourth-order valence-electron chi connectivity index (χ4n) is 5.03. The summed E-state index contributed by atoms with van der Waals surface area (Å²) in [7, 11) is -1.14. The molecule has 0 spiro atoms. The molecule has 1 aromatic heterocycles. The van der Waals surface area contributed by atoms with Gasteiger partial charge in [-0.1, -0.05) is 24.3 Å². The van der Waals surface area contributed by atoms with E-state index in [0.717, 1.165) is 30.9 Å². The number of nitrogens with one attached hydrogen (secondary N) is 1. The predicted octanol–water partition coefficient (Wildman–Crippen LogP) is 4.52. The quantitative estimate of drug-likeness (QED) is 0.320. The summed E-state index contributed by atoms with van der Waals surface area (Å²) in [5, 5.41) is 3.18. The average molecular weight is 566 g/mol. The molecule has 5 rings (SSSR count). The fourth-order valence-corrected chi connectivity index (χ4v) is 6.30. The molecule has 0 atom stereocenters. The number of hydrogen-bond donors (Lipinski definition) is 1. The van der Waals surface area contributed by atoms with Crippen molar-refractivity contribution in [3.05, 3.63) is 78.0 Å². The molecule has 0 amide bonds. The minimum atomic E-state index is -3.07. The maximum atomic E-state index is 15.3. The van der Waals surface area contributed by atoms with Crippen LogP contribution >= 0.6 is 0 Å². The van der Waals surface area contributed by atoms with Gasteiger partial charge in [-0.15, -0.1) is 0 Å². The molecule has 0 unspecified atom stereocenters. The first kappa shape index (κ1) is 28.1. The third-order valence-electron chi connectivity index (χ3n) is 7.36. The van der Waals surface area contributed by atoms with Crippen LogP contribution in [0, 0.1) is 11.6 Å². The van der Waals surface area contributed by atoms with Crippen LogP contribution in [0.5, 0.6) is 0 Å². The number of aromatic nitrogens is 2. The maximum Gasteiger partial charge on any atom is 0.152 e. The molecule has 1 saturated heterocycles. The Kier molecular flexibility index (Phi) is 8.39. The number of fused-ring (bicyclic) bond motifs is 1. The zero-order valence-corrected chi connectivity index (χ0v) is 23.5. The Morgan fingerprint density at radius 2 is 1.73 bits per heavy atom. The van der Waals surface area contributed by atoms with Crippen molar-refractivity contribution in [2.75, 3.05) is 56.2 Å². The van der Waals surface area contributed by atoms with E-state index in [4.69, 9.17) is 4.98 Å². The molecule has 4 aromatic rings. The molecule has 1 N–H and O–H groups in total. The lowest BCUT2D eigenvalue weighted by atomic mass is 10.0. The lowest BCUT2D eigenvalue weighted by Gasteiger charge is -2.26. The fraction of sp³-hybridized carbons (Fsp3) is 0.333. The van der Waals surface area contributed by atoms with Gasteiger partial charge in [-0.2, -0.15) is 0 Å². The zero-order chi connectivity index (χ0) is 28.3. The van der Waals surface area contributed by atoms with Crippen LogP contribution in [0.2, 0.25) is 0 Å². The van der Waals surface area contributed by atoms with Gasteiger partial charge in [0.1, 0.15) is 11.6 Å². The van der Waals surface area contributed by atoms with Crippen LogP contribution in [0.3, 0.4) is 0 Å². The molecule has 0 aliphatic carbocycles. The number of rotatable bonds is 9. The van der Waals surface area contributed by atoms with Crippen LogP contribution in [-0.4, -0.2) is 74.6 Å². The van der Waals surface area contributed by atoms with Crippen molar-refractivity contribution in [3.63, 3.8) is 0 Å². The van der Waals surface area contributed by atoms with Crippen LogP contribution in [0.4, 0.5) is 14.5 Å². The highest BCUT2D eigenvalue weighted by Gasteiger charge is 2.24. The minimum absolute atomic E-state index is 0.000655. The molecule has 40 heavy (non-hydrogen) atoms. The van der Waals surface area contributed by atoms with E-state index in [1.54, 1.807) is 23.2 Å². The molecular weight excluding hydrogens is 532 g/mol. The Morgan fingerprint density at radius 3 is 2.42 bits per heavy atom. The highest BCUT2D eigenvalue weighted by molar-refractivity contribution is 7.91. The van der Waals surface area contributed by atoms with Crippen molar-refractivity contribution in [3.8, 4) is 22.4 Å². The van der Waals surface area contributed by atoms with Crippen molar-refractivity contribution in [2.45, 2.75) is 13.5 Å². The highest BCUT2D eigenvalue weighted by Crippen LogP contribution is 2.32. The van der Waals surface area contributed by atoms with Crippen molar-refractivity contribution in [2.24, 2.45) is 0 Å². The topological polar surface area (TPSA) is 78.4 Å². The van der Waals surface area contributed by atoms with E-state index in [2.05, 4.69) is 34.3 Å². The number of para-hydroxylation sites is 1. The molecule has 210 valence electrons. The van der Waals surface area contributed by atoms with Gasteiger partial charge < -0.3 is 10.2 Å². The second-order valence-electron chi connectivity index (χ2n) is 10.0. The van der Waals surface area contributed by atoms with Crippen LogP contribution in [0.15, 0.2) is 60.8 Å². The third-order valence-corrected chi connectivity index (χ3v) is 8.97. The first-order valence-corrected chi connectivity index (χ1v) is 15.3. The Labute approximate surface area is 233 Å². The lowest BCUT2D eigenvalue weighted by Crippen LogP contribution is -2.40. The zero-order valence-electron chi connectivity index (χ0n) is 22.7. The van der Waals surface area contributed by atoms with E-state index in [1.165, 1.54) is 12.1 Å². The summed E-state index contributed by atoms with van der Waals surface area (Å²) in [5.41, 5.74) is 4.73. The second kappa shape index (κ2) is 12.0. The van der Waals surface area contributed by atoms with E-state index < -0.39 is 21.5 Å². The smallest absolute Gasteiger partial charge is 0.152 e. The summed E-state index contributed by atoms with van der Waals surface area (Å²) in [5.74, 6) is -1.33. The van der Waals surface area contributed by atoms with Crippen LogP contribution < -0.4 is 10.2 Å². The van der Waals surface area contributed by atoms with Gasteiger partial charge in [0.25, 0.3) is 0 Å². The second-order valence-corrected chi connectivity index (χ2v) is 12.3. The molecule has 1 fully saturated rings. The van der Waals surface area contributed by atoms with Gasteiger partial charge in [0.15, 0.2) is 9.84 Å². The SMILES string of the molecule is CCN(CCNC)c1cccc(-c2cnc3cccc(-c4cc(F)c(CN5CCS(=O)(=O)CC5)c(F)c4)c3n2)c1. The van der Waals surface area contributed by atoms with Gasteiger partial charge in [0.2, 0.25) is 0 Å². The maximum absolute atomic E-state index is 15.3. The summed E-state index contributed by atoms with van der Waals surface area (Å²) >= 11 is 0. The third kappa shape index (κ3) is 6.14. The summed E-state index contributed by atoms with van der Waals surface area (Å²) in [6.07, 6.45) is 1.72. The molecule has 0 bridgehead atoms. The van der Waals surface area contributed by atoms with E-state index in [-0.39, 0.29) is 36.7 Å². The van der Waals surface area contributed by atoms with Gasteiger partial charge >= 0.3 is 0 Å². The molecular formula is C30H33F2N5O2S. The number of nitrogens with zero attached hydrogens (tertiary/aromatic N) is 4. The summed E-state index contributed by atoms with van der Waals surface area (Å²) in [4.78, 5) is 13.5. The van der Waals surface area contributed by atoms with E-state index in [9.17, 15) is 8.42 Å². The molecule has 0 saturated carbocycles. The normalized spacial score (nSPS) is 15.4. The molecule has 10 heteroatoms. The van der Waals surface area contributed by atoms with Gasteiger partial charge in [0, 0.05) is 61.6 Å². The number of halogens is 2. The number of benzene rings is 3. The van der Waals surface area contributed by atoms with E-state index >= 15 is 8.78 Å². The molecule has 1 aliphatic heterocycles. The van der Waals surface area contributed by atoms with Crippen molar-refractivity contribution >= 4 is 26.6 Å². The van der Waals surface area contributed by atoms with Gasteiger partial charge in [-0.25, -0.2) is 22.2 Å². The van der Waals surface area contributed by atoms with E-state index in [0.29, 0.717) is 27.9 Å². The largest absolute Gasteiger partial charge is 0.371 e.